The van der Waals surface area contributed by atoms with Crippen LogP contribution in [0.2, 0.25) is 0 Å². The molecule has 0 saturated carbocycles. The Bertz CT molecular complexity index is 1440. The van der Waals surface area contributed by atoms with Gasteiger partial charge in [0.15, 0.2) is 0 Å². The van der Waals surface area contributed by atoms with Gasteiger partial charge in [0.05, 0.1) is 11.3 Å². The maximum absolute atomic E-state index is 14.2. The van der Waals surface area contributed by atoms with E-state index >= 15 is 0 Å². The molecule has 0 radical (unpaired) electrons. The lowest BCUT2D eigenvalue weighted by Gasteiger charge is -2.30. The zero-order valence-corrected chi connectivity index (χ0v) is 19.0. The first kappa shape index (κ1) is 20.5. The second-order valence-corrected chi connectivity index (χ2v) is 9.05. The summed E-state index contributed by atoms with van der Waals surface area (Å²) in [7, 11) is 0. The van der Waals surface area contributed by atoms with Gasteiger partial charge in [-0.1, -0.05) is 72.8 Å². The number of para-hydroxylation sites is 1. The lowest BCUT2D eigenvalue weighted by molar-refractivity contribution is 0.0668. The van der Waals surface area contributed by atoms with Crippen molar-refractivity contribution in [1.82, 2.24) is 9.47 Å². The average Bonchev–Trinajstić information content (AvgIpc) is 3.57. The van der Waals surface area contributed by atoms with E-state index < -0.39 is 0 Å². The number of hydrogen-bond acceptors (Lipinski definition) is 1. The first-order chi connectivity index (χ1) is 16.8. The van der Waals surface area contributed by atoms with Crippen LogP contribution < -0.4 is 0 Å². The summed E-state index contributed by atoms with van der Waals surface area (Å²) in [6.07, 6.45) is 5.76. The third-order valence-corrected chi connectivity index (χ3v) is 6.91. The van der Waals surface area contributed by atoms with Crippen LogP contribution in [0.1, 0.15) is 27.0 Å². The minimum atomic E-state index is 0.0789. The van der Waals surface area contributed by atoms with Crippen LogP contribution >= 0.6 is 0 Å². The quantitative estimate of drug-likeness (QED) is 0.307. The van der Waals surface area contributed by atoms with Crippen molar-refractivity contribution in [1.29, 1.82) is 0 Å². The number of aromatic nitrogens is 1. The molecule has 1 heterocycles. The van der Waals surface area contributed by atoms with E-state index in [0.29, 0.717) is 6.54 Å². The summed E-state index contributed by atoms with van der Waals surface area (Å²) < 4.78 is 2.02. The summed E-state index contributed by atoms with van der Waals surface area (Å²) in [4.78, 5) is 16.3. The van der Waals surface area contributed by atoms with Crippen LogP contribution in [0.4, 0.5) is 0 Å². The highest BCUT2D eigenvalue weighted by Gasteiger charge is 2.31. The van der Waals surface area contributed by atoms with Crippen molar-refractivity contribution in [3.63, 3.8) is 0 Å². The molecule has 1 aromatic heterocycles. The highest BCUT2D eigenvalue weighted by Crippen LogP contribution is 2.29. The molecular weight excluding hydrogens is 416 g/mol. The van der Waals surface area contributed by atoms with E-state index in [1.807, 2.05) is 53.4 Å². The summed E-state index contributed by atoms with van der Waals surface area (Å²) in [6.45, 7) is 0.586. The summed E-state index contributed by atoms with van der Waals surface area (Å²) in [5.41, 5.74) is 5.50. The highest BCUT2D eigenvalue weighted by molar-refractivity contribution is 5.98. The monoisotopic (exact) mass is 442 g/mol. The van der Waals surface area contributed by atoms with Crippen LogP contribution in [-0.2, 0) is 19.4 Å². The van der Waals surface area contributed by atoms with Crippen LogP contribution in [0.25, 0.3) is 16.5 Å². The average molecular weight is 443 g/mol. The summed E-state index contributed by atoms with van der Waals surface area (Å²) in [6, 6.07) is 35.5. The number of benzene rings is 4. The van der Waals surface area contributed by atoms with Gasteiger partial charge in [0, 0.05) is 25.0 Å². The van der Waals surface area contributed by atoms with Gasteiger partial charge in [-0.05, 0) is 70.6 Å². The standard InChI is InChI=1S/C31H26N2O/c34-31(29-13-5-6-14-30(29)32-17-7-8-18-32)33(28-20-26-11-3-4-12-27(26)21-28)22-23-15-16-24-9-1-2-10-25(24)19-23/h1-19,28H,20-22H2. The topological polar surface area (TPSA) is 25.2 Å². The van der Waals surface area contributed by atoms with E-state index in [0.717, 1.165) is 29.7 Å². The third-order valence-electron chi connectivity index (χ3n) is 6.91. The maximum Gasteiger partial charge on any atom is 0.256 e. The molecule has 166 valence electrons. The van der Waals surface area contributed by atoms with Crippen LogP contribution in [0.15, 0.2) is 116 Å². The Morgan fingerprint density at radius 1 is 0.735 bits per heavy atom. The minimum Gasteiger partial charge on any atom is -0.331 e. The molecule has 6 rings (SSSR count). The zero-order chi connectivity index (χ0) is 22.9. The number of carbonyl (C=O) groups excluding carboxylic acids is 1. The molecule has 0 unspecified atom stereocenters. The molecule has 0 atom stereocenters. The van der Waals surface area contributed by atoms with Crippen molar-refractivity contribution in [3.05, 3.63) is 138 Å². The van der Waals surface area contributed by atoms with Crippen molar-refractivity contribution in [2.45, 2.75) is 25.4 Å². The molecule has 0 saturated heterocycles. The molecule has 1 aliphatic rings. The minimum absolute atomic E-state index is 0.0789. The maximum atomic E-state index is 14.2. The smallest absolute Gasteiger partial charge is 0.256 e. The van der Waals surface area contributed by atoms with Gasteiger partial charge in [0.2, 0.25) is 0 Å². The Morgan fingerprint density at radius 3 is 2.15 bits per heavy atom. The number of hydrogen-bond donors (Lipinski definition) is 0. The molecular formula is C31H26N2O. The Hall–Kier alpha value is -4.11. The lowest BCUT2D eigenvalue weighted by atomic mass is 10.0. The molecule has 3 nitrogen and oxygen atoms in total. The van der Waals surface area contributed by atoms with E-state index in [9.17, 15) is 4.79 Å². The molecule has 5 aromatic rings. The molecule has 34 heavy (non-hydrogen) atoms. The van der Waals surface area contributed by atoms with Crippen LogP contribution in [0, 0.1) is 0 Å². The van der Waals surface area contributed by atoms with E-state index in [4.69, 9.17) is 0 Å². The number of nitrogens with zero attached hydrogens (tertiary/aromatic N) is 2. The van der Waals surface area contributed by atoms with E-state index in [1.54, 1.807) is 0 Å². The van der Waals surface area contributed by atoms with E-state index in [1.165, 1.54) is 21.9 Å². The third kappa shape index (κ3) is 3.80. The summed E-state index contributed by atoms with van der Waals surface area (Å²) in [5.74, 6) is 0.0789. The van der Waals surface area contributed by atoms with Crippen molar-refractivity contribution in [2.75, 3.05) is 0 Å². The first-order valence-electron chi connectivity index (χ1n) is 11.8. The second kappa shape index (κ2) is 8.68. The summed E-state index contributed by atoms with van der Waals surface area (Å²) >= 11 is 0. The Labute approximate surface area is 199 Å². The van der Waals surface area contributed by atoms with Crippen LogP contribution in [-0.4, -0.2) is 21.4 Å². The zero-order valence-electron chi connectivity index (χ0n) is 19.0. The molecule has 1 aliphatic carbocycles. The number of rotatable bonds is 5. The van der Waals surface area contributed by atoms with Gasteiger partial charge < -0.3 is 9.47 Å². The Balaban J connectivity index is 1.39. The first-order valence-corrected chi connectivity index (χ1v) is 11.8. The van der Waals surface area contributed by atoms with Gasteiger partial charge >= 0.3 is 0 Å². The highest BCUT2D eigenvalue weighted by atomic mass is 16.2. The second-order valence-electron chi connectivity index (χ2n) is 9.05. The van der Waals surface area contributed by atoms with Gasteiger partial charge in [-0.2, -0.15) is 0 Å². The lowest BCUT2D eigenvalue weighted by Crippen LogP contribution is -2.40. The molecule has 0 bridgehead atoms. The normalized spacial score (nSPS) is 13.2. The fourth-order valence-corrected chi connectivity index (χ4v) is 5.19. The van der Waals surface area contributed by atoms with E-state index in [2.05, 4.69) is 71.6 Å². The molecule has 4 aromatic carbocycles. The molecule has 0 aliphatic heterocycles. The van der Waals surface area contributed by atoms with Gasteiger partial charge in [0.25, 0.3) is 5.91 Å². The van der Waals surface area contributed by atoms with Crippen molar-refractivity contribution in [3.8, 4) is 5.69 Å². The van der Waals surface area contributed by atoms with Crippen molar-refractivity contribution < 1.29 is 4.79 Å². The molecule has 0 fully saturated rings. The molecule has 0 N–H and O–H groups in total. The van der Waals surface area contributed by atoms with Crippen LogP contribution in [0.5, 0.6) is 0 Å². The predicted octanol–water partition coefficient (Wildman–Crippen LogP) is 6.44. The molecule has 0 spiro atoms. The van der Waals surface area contributed by atoms with E-state index in [-0.39, 0.29) is 11.9 Å². The SMILES string of the molecule is O=C(c1ccccc1-n1cccc1)N(Cc1ccc2ccccc2c1)C1Cc2ccccc2C1. The largest absolute Gasteiger partial charge is 0.331 e. The Kier molecular flexibility index (Phi) is 5.23. The number of amides is 1. The predicted molar refractivity (Wildman–Crippen MR) is 137 cm³/mol. The van der Waals surface area contributed by atoms with Gasteiger partial charge in [-0.15, -0.1) is 0 Å². The number of fused-ring (bicyclic) bond motifs is 2. The fraction of sp³-hybridized carbons (Fsp3) is 0.129. The molecule has 1 amide bonds. The van der Waals surface area contributed by atoms with Gasteiger partial charge in [-0.3, -0.25) is 4.79 Å². The number of carbonyl (C=O) groups is 1. The van der Waals surface area contributed by atoms with Gasteiger partial charge in [-0.25, -0.2) is 0 Å². The molecule has 3 heteroatoms. The summed E-state index contributed by atoms with van der Waals surface area (Å²) in [5, 5.41) is 2.42. The Morgan fingerprint density at radius 2 is 1.38 bits per heavy atom. The van der Waals surface area contributed by atoms with Crippen molar-refractivity contribution in [2.24, 2.45) is 0 Å². The van der Waals surface area contributed by atoms with Gasteiger partial charge in [0.1, 0.15) is 0 Å². The van der Waals surface area contributed by atoms with Crippen LogP contribution in [0.3, 0.4) is 0 Å². The fourth-order valence-electron chi connectivity index (χ4n) is 5.19. The van der Waals surface area contributed by atoms with Crippen molar-refractivity contribution >= 4 is 16.7 Å².